The first-order valence-electron chi connectivity index (χ1n) is 22.9. The van der Waals surface area contributed by atoms with Gasteiger partial charge in [-0.05, 0) is 30.8 Å². The number of aromatic nitrogens is 4. The Kier molecular flexibility index (Phi) is 21.9. The van der Waals surface area contributed by atoms with Crippen molar-refractivity contribution < 1.29 is 28.3 Å². The summed E-state index contributed by atoms with van der Waals surface area (Å²) in [6, 6.07) is 40.8. The summed E-state index contributed by atoms with van der Waals surface area (Å²) < 4.78 is 15.6. The maximum absolute atomic E-state index is 12.6. The Morgan fingerprint density at radius 2 is 0.944 bits per heavy atom. The van der Waals surface area contributed by atoms with E-state index >= 15 is 0 Å². The van der Waals surface area contributed by atoms with Crippen molar-refractivity contribution in [3.63, 3.8) is 0 Å². The fraction of sp³-hybridized carbons (Fsp3) is 0.314. The Labute approximate surface area is 429 Å². The number of rotatable bonds is 18. The van der Waals surface area contributed by atoms with Gasteiger partial charge in [0.05, 0.1) is 25.9 Å². The Morgan fingerprint density at radius 1 is 0.620 bits per heavy atom. The standard InChI is InChI=1S/C25H31N3O5Si.C25H29N3O5Si.CH3BI/c2*1-25(2,3)34(20-10-6-4-7-11-20,21-12-8-5-9-13-21)33-18-19(17-29)26-23(31)16-28-15-14-22(30)27-24(28)32;1-2-3/h4-15,19,29H,16-18H2,1-3H3,(H,26,31)(H,27,30,32);4-15,17,19H,16,18H2,1-3H3,(H,26,31)(H,27,30,32);1H3. The summed E-state index contributed by atoms with van der Waals surface area (Å²) >= 11 is 2.16. The van der Waals surface area contributed by atoms with E-state index in [4.69, 9.17) is 8.85 Å². The van der Waals surface area contributed by atoms with E-state index in [1.807, 2.05) is 109 Å². The number of amides is 2. The molecule has 0 aliphatic heterocycles. The quantitative estimate of drug-likeness (QED) is 0.0481. The molecule has 2 unspecified atom stereocenters. The van der Waals surface area contributed by atoms with Gasteiger partial charge in [0, 0.05) is 24.5 Å². The number of aromatic amines is 2. The lowest BCUT2D eigenvalue weighted by atomic mass is 10.2. The molecule has 2 amide bonds. The van der Waals surface area contributed by atoms with Crippen LogP contribution in [0.15, 0.2) is 165 Å². The molecule has 0 aliphatic carbocycles. The van der Waals surface area contributed by atoms with Crippen LogP contribution < -0.4 is 53.9 Å². The number of carbonyl (C=O) groups is 3. The van der Waals surface area contributed by atoms with Crippen molar-refractivity contribution in [1.82, 2.24) is 29.7 Å². The smallest absolute Gasteiger partial charge is 0.328 e. The van der Waals surface area contributed by atoms with Gasteiger partial charge in [0.1, 0.15) is 25.4 Å². The van der Waals surface area contributed by atoms with Gasteiger partial charge < -0.3 is 29.4 Å². The van der Waals surface area contributed by atoms with E-state index in [0.717, 1.165) is 35.9 Å². The van der Waals surface area contributed by atoms with Gasteiger partial charge in [-0.3, -0.25) is 38.3 Å². The number of hydrogen-bond donors (Lipinski definition) is 5. The van der Waals surface area contributed by atoms with E-state index in [9.17, 15) is 38.7 Å². The van der Waals surface area contributed by atoms with Gasteiger partial charge in [-0.25, -0.2) is 9.59 Å². The SMILES string of the molecule is CC(C)(C)[Si](OCC(C=O)NC(=O)Cn1ccc(=O)[nH]c1=O)(c1ccccc1)c1ccccc1.CC(C)(C)[Si](OCC(CO)NC(=O)Cn1ccc(=O)[nH]c1=O)(c1ccccc1)c1ccccc1.C[B]I. The van der Waals surface area contributed by atoms with E-state index < -0.39 is 63.0 Å². The molecule has 5 N–H and O–H groups in total. The van der Waals surface area contributed by atoms with Crippen LogP contribution in [0.2, 0.25) is 16.9 Å². The molecule has 20 heteroatoms. The maximum atomic E-state index is 12.6. The molecule has 16 nitrogen and oxygen atoms in total. The van der Waals surface area contributed by atoms with E-state index in [0.29, 0.717) is 6.29 Å². The van der Waals surface area contributed by atoms with Crippen molar-refractivity contribution in [1.29, 1.82) is 0 Å². The second-order valence-corrected chi connectivity index (χ2v) is 28.3. The molecule has 0 bridgehead atoms. The molecule has 375 valence electrons. The second kappa shape index (κ2) is 27.0. The van der Waals surface area contributed by atoms with Crippen LogP contribution in [0.25, 0.3) is 0 Å². The van der Waals surface area contributed by atoms with Crippen molar-refractivity contribution in [2.24, 2.45) is 0 Å². The first-order valence-corrected chi connectivity index (χ1v) is 27.9. The molecule has 0 saturated heterocycles. The van der Waals surface area contributed by atoms with Gasteiger partial charge in [0.2, 0.25) is 11.8 Å². The molecule has 0 aliphatic rings. The van der Waals surface area contributed by atoms with Crippen LogP contribution in [0.3, 0.4) is 0 Å². The molecule has 6 aromatic rings. The van der Waals surface area contributed by atoms with Crippen LogP contribution in [-0.2, 0) is 36.3 Å². The summed E-state index contributed by atoms with van der Waals surface area (Å²) in [4.78, 5) is 87.3. The Morgan fingerprint density at radius 3 is 1.24 bits per heavy atom. The number of aliphatic hydroxyl groups is 1. The number of aldehydes is 1. The first-order chi connectivity index (χ1) is 33.8. The largest absolute Gasteiger partial charge is 0.405 e. The van der Waals surface area contributed by atoms with Gasteiger partial charge >= 0.3 is 11.4 Å². The minimum Gasteiger partial charge on any atom is -0.405 e. The summed E-state index contributed by atoms with van der Waals surface area (Å²) in [7, 11) is -5.70. The zero-order chi connectivity index (χ0) is 52.2. The summed E-state index contributed by atoms with van der Waals surface area (Å²) in [6.45, 7) is 13.9. The number of benzene rings is 4. The van der Waals surface area contributed by atoms with E-state index in [1.165, 1.54) is 18.5 Å². The number of halogens is 1. The lowest BCUT2D eigenvalue weighted by Gasteiger charge is -2.43. The molecule has 71 heavy (non-hydrogen) atoms. The van der Waals surface area contributed by atoms with Crippen molar-refractivity contribution in [2.45, 2.75) is 83.6 Å². The van der Waals surface area contributed by atoms with E-state index in [1.54, 1.807) is 0 Å². The Bertz CT molecular complexity index is 2780. The van der Waals surface area contributed by atoms with Gasteiger partial charge in [0.15, 0.2) is 5.14 Å². The fourth-order valence-electron chi connectivity index (χ4n) is 8.19. The minimum atomic E-state index is -2.87. The predicted octanol–water partition coefficient (Wildman–Crippen LogP) is 2.48. The summed E-state index contributed by atoms with van der Waals surface area (Å²) in [5, 5.41) is 21.1. The van der Waals surface area contributed by atoms with E-state index in [-0.39, 0.29) is 43.0 Å². The third kappa shape index (κ3) is 15.5. The zero-order valence-electron chi connectivity index (χ0n) is 41.1. The highest BCUT2D eigenvalue weighted by atomic mass is 127. The molecule has 0 fully saturated rings. The molecule has 0 saturated carbocycles. The van der Waals surface area contributed by atoms with Crippen LogP contribution >= 0.6 is 22.4 Å². The number of hydrogen-bond acceptors (Lipinski definition) is 10. The van der Waals surface area contributed by atoms with Crippen LogP contribution in [0.5, 0.6) is 0 Å². The lowest BCUT2D eigenvalue weighted by Crippen LogP contribution is -2.67. The molecule has 2 aromatic heterocycles. The Balaban J connectivity index is 0.000000292. The third-order valence-electron chi connectivity index (χ3n) is 11.3. The van der Waals surface area contributed by atoms with Crippen LogP contribution in [0.1, 0.15) is 41.5 Å². The Hall–Kier alpha value is -6.04. The van der Waals surface area contributed by atoms with E-state index in [2.05, 4.69) is 109 Å². The number of nitrogens with zero attached hydrogens (tertiary/aromatic N) is 2. The van der Waals surface area contributed by atoms with Gasteiger partial charge in [-0.2, -0.15) is 22.4 Å². The highest BCUT2D eigenvalue weighted by Gasteiger charge is 2.51. The van der Waals surface area contributed by atoms with Crippen molar-refractivity contribution >= 4 is 83.0 Å². The number of H-pyrrole nitrogens is 2. The molecule has 1 radical (unpaired) electrons. The normalized spacial score (nSPS) is 12.4. The van der Waals surface area contributed by atoms with Gasteiger partial charge in [-0.1, -0.05) is 170 Å². The number of nitrogens with one attached hydrogen (secondary N) is 4. The average Bonchev–Trinajstić information content (AvgIpc) is 3.34. The predicted molar refractivity (Wildman–Crippen MR) is 292 cm³/mol. The highest BCUT2D eigenvalue weighted by molar-refractivity contribution is 14.1. The number of aliphatic hydroxyl groups excluding tert-OH is 1. The fourth-order valence-corrected chi connectivity index (χ4v) is 17.4. The molecular weight excluding hydrogens is 1050 g/mol. The molecule has 4 aromatic carbocycles. The van der Waals surface area contributed by atoms with Gasteiger partial charge in [-0.15, -0.1) is 0 Å². The molecule has 2 atom stereocenters. The van der Waals surface area contributed by atoms with Crippen LogP contribution in [-0.4, -0.2) is 96.0 Å². The highest BCUT2D eigenvalue weighted by Crippen LogP contribution is 2.38. The zero-order valence-corrected chi connectivity index (χ0v) is 45.3. The van der Waals surface area contributed by atoms with Crippen LogP contribution in [0, 0.1) is 0 Å². The topological polar surface area (TPSA) is 224 Å². The van der Waals surface area contributed by atoms with Crippen molar-refractivity contribution in [2.75, 3.05) is 19.8 Å². The second-order valence-electron chi connectivity index (χ2n) is 18.4. The first kappa shape index (κ1) is 57.5. The number of carbonyl (C=O) groups excluding carboxylic acids is 3. The monoisotopic (exact) mass is 1110 g/mol. The summed E-state index contributed by atoms with van der Waals surface area (Å²) in [5.41, 5.74) is -2.46. The van der Waals surface area contributed by atoms with Crippen LogP contribution in [0.4, 0.5) is 0 Å². The molecular formula is C51H63BIN6O10Si2. The summed E-state index contributed by atoms with van der Waals surface area (Å²) in [6.07, 6.45) is 3.12. The molecule has 0 spiro atoms. The molecule has 6 rings (SSSR count). The van der Waals surface area contributed by atoms with Crippen molar-refractivity contribution in [3.05, 3.63) is 188 Å². The van der Waals surface area contributed by atoms with Crippen molar-refractivity contribution in [3.8, 4) is 0 Å². The molecule has 2 heterocycles. The summed E-state index contributed by atoms with van der Waals surface area (Å²) in [5.74, 6) is -1.02. The third-order valence-corrected chi connectivity index (χ3v) is 21.3. The maximum Gasteiger partial charge on any atom is 0.328 e. The lowest BCUT2D eigenvalue weighted by molar-refractivity contribution is -0.125. The minimum absolute atomic E-state index is 0.0248. The van der Waals surface area contributed by atoms with Gasteiger partial charge in [0.25, 0.3) is 27.8 Å². The average molecular weight is 1110 g/mol.